The molecule has 36 heavy (non-hydrogen) atoms. The van der Waals surface area contributed by atoms with Gasteiger partial charge in [0.1, 0.15) is 11.5 Å². The van der Waals surface area contributed by atoms with Crippen LogP contribution in [0.25, 0.3) is 12.2 Å². The Hall–Kier alpha value is -5.24. The Balaban J connectivity index is 1.37. The van der Waals surface area contributed by atoms with E-state index in [0.717, 1.165) is 11.1 Å². The van der Waals surface area contributed by atoms with Gasteiger partial charge in [-0.2, -0.15) is 20.5 Å². The number of carbonyl (C=O) groups is 2. The number of rotatable bonds is 8. The number of aromatic hydroxyl groups is 2. The Kier molecular flexibility index (Phi) is 7.47. The average Bonchev–Trinajstić information content (AvgIpc) is 2.92. The third kappa shape index (κ3) is 6.21. The van der Waals surface area contributed by atoms with Crippen LogP contribution in [0.1, 0.15) is 31.8 Å². The number of phenolic OH excluding ortho intramolecular Hbond substituents is 2. The summed E-state index contributed by atoms with van der Waals surface area (Å²) in [7, 11) is 0. The molecule has 0 heterocycles. The first-order valence-corrected chi connectivity index (χ1v) is 10.8. The maximum absolute atomic E-state index is 10.9. The highest BCUT2D eigenvalue weighted by Gasteiger charge is 2.02. The van der Waals surface area contributed by atoms with E-state index in [9.17, 15) is 19.8 Å². The van der Waals surface area contributed by atoms with Gasteiger partial charge in [0.2, 0.25) is 0 Å². The van der Waals surface area contributed by atoms with Crippen molar-refractivity contribution in [2.24, 2.45) is 20.5 Å². The minimum absolute atomic E-state index is 0.0950. The topological polar surface area (TPSA) is 124 Å². The Bertz CT molecular complexity index is 1360. The fraction of sp³-hybridized carbons (Fsp3) is 0. The normalized spacial score (nSPS) is 11.4. The SMILES string of the molecule is O=Cc1cc(N=Nc2ccc(/C=C/c3ccc(N=Nc4ccc(O)c(C=O)c4)cc3)cc2)ccc1O. The highest BCUT2D eigenvalue weighted by Crippen LogP contribution is 2.26. The number of nitrogens with zero attached hydrogens (tertiary/aromatic N) is 4. The zero-order valence-electron chi connectivity index (χ0n) is 18.9. The molecule has 2 N–H and O–H groups in total. The van der Waals surface area contributed by atoms with Gasteiger partial charge in [0.25, 0.3) is 0 Å². The summed E-state index contributed by atoms with van der Waals surface area (Å²) in [6.07, 6.45) is 5.06. The van der Waals surface area contributed by atoms with Crippen LogP contribution in [0, 0.1) is 0 Å². The van der Waals surface area contributed by atoms with E-state index in [2.05, 4.69) is 20.5 Å². The summed E-state index contributed by atoms with van der Waals surface area (Å²) in [6, 6.07) is 23.8. The number of azo groups is 2. The van der Waals surface area contributed by atoms with Crippen LogP contribution in [0.2, 0.25) is 0 Å². The van der Waals surface area contributed by atoms with Crippen LogP contribution >= 0.6 is 0 Å². The molecule has 0 saturated carbocycles. The monoisotopic (exact) mass is 476 g/mol. The molecule has 0 saturated heterocycles. The van der Waals surface area contributed by atoms with Crippen LogP contribution in [0.4, 0.5) is 22.7 Å². The molecule has 176 valence electrons. The lowest BCUT2D eigenvalue weighted by Gasteiger charge is -1.99. The zero-order chi connectivity index (χ0) is 25.3. The number of hydrogen-bond acceptors (Lipinski definition) is 8. The number of aldehydes is 2. The van der Waals surface area contributed by atoms with Gasteiger partial charge in [-0.1, -0.05) is 36.4 Å². The molecular formula is C28H20N4O4. The molecule has 0 unspecified atom stereocenters. The van der Waals surface area contributed by atoms with Gasteiger partial charge in [0.15, 0.2) is 12.6 Å². The predicted molar refractivity (Wildman–Crippen MR) is 137 cm³/mol. The summed E-state index contributed by atoms with van der Waals surface area (Å²) in [6.45, 7) is 0. The molecule has 8 heteroatoms. The molecule has 0 bridgehead atoms. The van der Waals surface area contributed by atoms with Crippen LogP contribution in [-0.4, -0.2) is 22.8 Å². The van der Waals surface area contributed by atoms with Crippen molar-refractivity contribution >= 4 is 47.5 Å². The molecule has 0 amide bonds. The summed E-state index contributed by atoms with van der Waals surface area (Å²) in [5.74, 6) is -0.190. The third-order valence-corrected chi connectivity index (χ3v) is 5.09. The first kappa shape index (κ1) is 23.9. The minimum atomic E-state index is -0.0950. The van der Waals surface area contributed by atoms with Crippen molar-refractivity contribution in [3.63, 3.8) is 0 Å². The molecule has 0 aliphatic heterocycles. The van der Waals surface area contributed by atoms with E-state index >= 15 is 0 Å². The summed E-state index contributed by atoms with van der Waals surface area (Å²) in [5, 5.41) is 35.6. The van der Waals surface area contributed by atoms with Crippen molar-refractivity contribution in [2.75, 3.05) is 0 Å². The summed E-state index contributed by atoms with van der Waals surface area (Å²) < 4.78 is 0. The number of hydrogen-bond donors (Lipinski definition) is 2. The summed E-state index contributed by atoms with van der Waals surface area (Å²) >= 11 is 0. The van der Waals surface area contributed by atoms with E-state index in [4.69, 9.17) is 0 Å². The maximum Gasteiger partial charge on any atom is 0.153 e. The molecule has 0 aliphatic carbocycles. The predicted octanol–water partition coefficient (Wildman–Crippen LogP) is 7.72. The fourth-order valence-electron chi connectivity index (χ4n) is 3.12. The molecule has 4 aromatic rings. The zero-order valence-corrected chi connectivity index (χ0v) is 18.9. The minimum Gasteiger partial charge on any atom is -0.507 e. The van der Waals surface area contributed by atoms with E-state index in [0.29, 0.717) is 35.3 Å². The quantitative estimate of drug-likeness (QED) is 0.153. The van der Waals surface area contributed by atoms with Gasteiger partial charge in [-0.3, -0.25) is 9.59 Å². The van der Waals surface area contributed by atoms with Gasteiger partial charge in [-0.15, -0.1) is 0 Å². The highest BCUT2D eigenvalue weighted by atomic mass is 16.3. The Morgan fingerprint density at radius 1 is 0.472 bits per heavy atom. The van der Waals surface area contributed by atoms with E-state index in [1.54, 1.807) is 12.1 Å². The van der Waals surface area contributed by atoms with Crippen molar-refractivity contribution in [3.8, 4) is 11.5 Å². The van der Waals surface area contributed by atoms with Crippen LogP contribution in [0.15, 0.2) is 105 Å². The second kappa shape index (κ2) is 11.3. The lowest BCUT2D eigenvalue weighted by molar-refractivity contribution is 0.111. The molecule has 0 aromatic heterocycles. The molecule has 4 rings (SSSR count). The lowest BCUT2D eigenvalue weighted by atomic mass is 10.1. The largest absolute Gasteiger partial charge is 0.507 e. The molecule has 8 nitrogen and oxygen atoms in total. The second-order valence-electron chi connectivity index (χ2n) is 7.64. The van der Waals surface area contributed by atoms with Gasteiger partial charge < -0.3 is 10.2 Å². The van der Waals surface area contributed by atoms with E-state index in [1.807, 2.05) is 60.7 Å². The van der Waals surface area contributed by atoms with Crippen molar-refractivity contribution in [2.45, 2.75) is 0 Å². The van der Waals surface area contributed by atoms with Crippen LogP contribution < -0.4 is 0 Å². The van der Waals surface area contributed by atoms with Gasteiger partial charge in [-0.25, -0.2) is 0 Å². The Morgan fingerprint density at radius 3 is 1.17 bits per heavy atom. The van der Waals surface area contributed by atoms with Crippen LogP contribution in [0.3, 0.4) is 0 Å². The maximum atomic E-state index is 10.9. The fourth-order valence-corrected chi connectivity index (χ4v) is 3.12. The van der Waals surface area contributed by atoms with Crippen molar-refractivity contribution in [1.29, 1.82) is 0 Å². The Morgan fingerprint density at radius 2 is 0.806 bits per heavy atom. The number of benzene rings is 4. The van der Waals surface area contributed by atoms with E-state index < -0.39 is 0 Å². The first-order valence-electron chi connectivity index (χ1n) is 10.8. The number of phenols is 2. The van der Waals surface area contributed by atoms with E-state index in [-0.39, 0.29) is 22.6 Å². The standard InChI is InChI=1S/C28H20N4O4/c33-17-21-15-25(11-13-27(21)35)31-29-23-7-3-19(4-8-23)1-2-20-5-9-24(10-6-20)30-32-26-12-14-28(36)22(16-26)18-34/h1-18,35-36H/b2-1+,31-29?,32-30?. The second-order valence-corrected chi connectivity index (χ2v) is 7.64. The number of carbonyl (C=O) groups excluding carboxylic acids is 2. The third-order valence-electron chi connectivity index (χ3n) is 5.09. The van der Waals surface area contributed by atoms with Gasteiger partial charge >= 0.3 is 0 Å². The summed E-state index contributed by atoms with van der Waals surface area (Å²) in [5.41, 5.74) is 4.51. The van der Waals surface area contributed by atoms with Gasteiger partial charge in [0, 0.05) is 0 Å². The van der Waals surface area contributed by atoms with Crippen molar-refractivity contribution in [1.82, 2.24) is 0 Å². The average molecular weight is 476 g/mol. The van der Waals surface area contributed by atoms with Crippen molar-refractivity contribution < 1.29 is 19.8 Å². The van der Waals surface area contributed by atoms with Crippen LogP contribution in [0.5, 0.6) is 11.5 Å². The smallest absolute Gasteiger partial charge is 0.153 e. The molecular weight excluding hydrogens is 456 g/mol. The molecule has 0 atom stereocenters. The Labute approximate surface area is 206 Å². The first-order chi connectivity index (χ1) is 17.5. The molecule has 0 radical (unpaired) electrons. The molecule has 0 fully saturated rings. The molecule has 0 spiro atoms. The van der Waals surface area contributed by atoms with Gasteiger partial charge in [0.05, 0.1) is 33.9 Å². The van der Waals surface area contributed by atoms with Crippen molar-refractivity contribution in [3.05, 3.63) is 107 Å². The summed E-state index contributed by atoms with van der Waals surface area (Å²) in [4.78, 5) is 21.8. The molecule has 0 aliphatic rings. The highest BCUT2D eigenvalue weighted by molar-refractivity contribution is 5.81. The molecule has 4 aromatic carbocycles. The van der Waals surface area contributed by atoms with Crippen LogP contribution in [-0.2, 0) is 0 Å². The van der Waals surface area contributed by atoms with Gasteiger partial charge in [-0.05, 0) is 71.8 Å². The lowest BCUT2D eigenvalue weighted by Crippen LogP contribution is -1.79. The van der Waals surface area contributed by atoms with E-state index in [1.165, 1.54) is 24.3 Å².